The van der Waals surface area contributed by atoms with Crippen molar-refractivity contribution in [1.82, 2.24) is 0 Å². The SMILES string of the molecule is C=C/C=C(\C=C(/C)CC)SC(C)C. The molecule has 1 heteroatoms. The number of thioether (sulfide) groups is 1. The third-order valence-corrected chi connectivity index (χ3v) is 2.60. The van der Waals surface area contributed by atoms with E-state index in [4.69, 9.17) is 0 Å². The van der Waals surface area contributed by atoms with Crippen LogP contribution in [0.1, 0.15) is 34.1 Å². The van der Waals surface area contributed by atoms with Gasteiger partial charge < -0.3 is 0 Å². The van der Waals surface area contributed by atoms with Crippen molar-refractivity contribution in [1.29, 1.82) is 0 Å². The van der Waals surface area contributed by atoms with Gasteiger partial charge in [0.15, 0.2) is 0 Å². The summed E-state index contributed by atoms with van der Waals surface area (Å²) in [5.74, 6) is 0. The second kappa shape index (κ2) is 7.02. The molecule has 0 saturated carbocycles. The monoisotopic (exact) mass is 196 g/mol. The molecule has 0 heterocycles. The quantitative estimate of drug-likeness (QED) is 0.581. The van der Waals surface area contributed by atoms with E-state index in [-0.39, 0.29) is 0 Å². The van der Waals surface area contributed by atoms with Gasteiger partial charge in [-0.25, -0.2) is 0 Å². The van der Waals surface area contributed by atoms with Crippen LogP contribution >= 0.6 is 11.8 Å². The van der Waals surface area contributed by atoms with Crippen LogP contribution in [0.2, 0.25) is 0 Å². The van der Waals surface area contributed by atoms with Gasteiger partial charge in [0.25, 0.3) is 0 Å². The van der Waals surface area contributed by atoms with E-state index in [0.717, 1.165) is 6.42 Å². The molecule has 0 aromatic carbocycles. The summed E-state index contributed by atoms with van der Waals surface area (Å²) in [4.78, 5) is 1.31. The fourth-order valence-electron chi connectivity index (χ4n) is 0.855. The molecular formula is C12H20S. The van der Waals surface area contributed by atoms with E-state index in [9.17, 15) is 0 Å². The van der Waals surface area contributed by atoms with E-state index >= 15 is 0 Å². The van der Waals surface area contributed by atoms with Crippen LogP contribution in [0, 0.1) is 0 Å². The molecule has 0 bridgehead atoms. The highest BCUT2D eigenvalue weighted by atomic mass is 32.2. The average molecular weight is 196 g/mol. The molecular weight excluding hydrogens is 176 g/mol. The number of allylic oxidation sites excluding steroid dienone is 4. The lowest BCUT2D eigenvalue weighted by Crippen LogP contribution is -1.87. The molecule has 0 amide bonds. The summed E-state index contributed by atoms with van der Waals surface area (Å²) in [5, 5.41) is 0.632. The average Bonchev–Trinajstić information content (AvgIpc) is 2.03. The maximum Gasteiger partial charge on any atom is 0.00738 e. The molecule has 0 rings (SSSR count). The predicted molar refractivity (Wildman–Crippen MR) is 65.1 cm³/mol. The molecule has 74 valence electrons. The van der Waals surface area contributed by atoms with Gasteiger partial charge in [-0.15, -0.1) is 11.8 Å². The highest BCUT2D eigenvalue weighted by Crippen LogP contribution is 2.24. The van der Waals surface area contributed by atoms with Crippen molar-refractivity contribution in [2.75, 3.05) is 0 Å². The van der Waals surface area contributed by atoms with Gasteiger partial charge in [-0.05, 0) is 25.5 Å². The van der Waals surface area contributed by atoms with Crippen LogP contribution in [-0.2, 0) is 0 Å². The van der Waals surface area contributed by atoms with Crippen molar-refractivity contribution in [2.24, 2.45) is 0 Å². The minimum atomic E-state index is 0.632. The summed E-state index contributed by atoms with van der Waals surface area (Å²) in [6, 6.07) is 0. The molecule has 0 N–H and O–H groups in total. The molecule has 0 saturated heterocycles. The van der Waals surface area contributed by atoms with Gasteiger partial charge in [-0.2, -0.15) is 0 Å². The topological polar surface area (TPSA) is 0 Å². The Balaban J connectivity index is 4.44. The Bertz CT molecular complexity index is 209. The molecule has 0 aromatic rings. The van der Waals surface area contributed by atoms with E-state index < -0.39 is 0 Å². The maximum absolute atomic E-state index is 3.72. The lowest BCUT2D eigenvalue weighted by Gasteiger charge is -2.06. The van der Waals surface area contributed by atoms with Crippen LogP contribution in [0.5, 0.6) is 0 Å². The van der Waals surface area contributed by atoms with Crippen molar-refractivity contribution in [3.63, 3.8) is 0 Å². The van der Waals surface area contributed by atoms with Crippen LogP contribution in [0.4, 0.5) is 0 Å². The maximum atomic E-state index is 3.72. The van der Waals surface area contributed by atoms with E-state index in [1.807, 2.05) is 17.8 Å². The Morgan fingerprint density at radius 2 is 2.08 bits per heavy atom. The van der Waals surface area contributed by atoms with Crippen molar-refractivity contribution in [3.8, 4) is 0 Å². The van der Waals surface area contributed by atoms with Crippen LogP contribution in [0.3, 0.4) is 0 Å². The molecule has 0 fully saturated rings. The summed E-state index contributed by atoms with van der Waals surface area (Å²) < 4.78 is 0. The zero-order valence-electron chi connectivity index (χ0n) is 9.13. The molecule has 13 heavy (non-hydrogen) atoms. The van der Waals surface area contributed by atoms with Gasteiger partial charge in [0.2, 0.25) is 0 Å². The predicted octanol–water partition coefficient (Wildman–Crippen LogP) is 4.55. The summed E-state index contributed by atoms with van der Waals surface area (Å²) in [5.41, 5.74) is 1.42. The fraction of sp³-hybridized carbons (Fsp3) is 0.500. The van der Waals surface area contributed by atoms with Crippen LogP contribution in [-0.4, -0.2) is 5.25 Å². The highest BCUT2D eigenvalue weighted by Gasteiger charge is 1.98. The fourth-order valence-corrected chi connectivity index (χ4v) is 1.84. The summed E-state index contributed by atoms with van der Waals surface area (Å²) >= 11 is 1.88. The summed E-state index contributed by atoms with van der Waals surface area (Å²) in [6.45, 7) is 12.5. The normalized spacial score (nSPS) is 13.6. The van der Waals surface area contributed by atoms with Crippen LogP contribution in [0.25, 0.3) is 0 Å². The van der Waals surface area contributed by atoms with Gasteiger partial charge in [-0.1, -0.05) is 39.0 Å². The molecule has 0 aliphatic rings. The number of hydrogen-bond acceptors (Lipinski definition) is 1. The van der Waals surface area contributed by atoms with Crippen molar-refractivity contribution >= 4 is 11.8 Å². The zero-order valence-corrected chi connectivity index (χ0v) is 9.95. The zero-order chi connectivity index (χ0) is 10.3. The minimum Gasteiger partial charge on any atom is -0.123 e. The lowest BCUT2D eigenvalue weighted by atomic mass is 10.2. The van der Waals surface area contributed by atoms with Crippen molar-refractivity contribution < 1.29 is 0 Å². The summed E-state index contributed by atoms with van der Waals surface area (Å²) in [7, 11) is 0. The molecule has 0 aromatic heterocycles. The van der Waals surface area contributed by atoms with E-state index in [0.29, 0.717) is 5.25 Å². The van der Waals surface area contributed by atoms with Gasteiger partial charge in [-0.3, -0.25) is 0 Å². The Morgan fingerprint density at radius 3 is 2.46 bits per heavy atom. The molecule has 0 spiro atoms. The molecule has 0 aliphatic heterocycles. The lowest BCUT2D eigenvalue weighted by molar-refractivity contribution is 1.10. The Kier molecular flexibility index (Phi) is 6.79. The molecule has 0 unspecified atom stereocenters. The first-order chi connectivity index (χ1) is 6.10. The minimum absolute atomic E-state index is 0.632. The smallest absolute Gasteiger partial charge is 0.00738 e. The standard InChI is InChI=1S/C12H20S/c1-6-8-12(13-10(3)4)9-11(5)7-2/h6,8-10H,1,7H2,2-5H3/b11-9+,12-8+. The second-order valence-electron chi connectivity index (χ2n) is 3.32. The Morgan fingerprint density at radius 1 is 1.46 bits per heavy atom. The number of rotatable bonds is 5. The largest absolute Gasteiger partial charge is 0.123 e. The van der Waals surface area contributed by atoms with Crippen LogP contribution < -0.4 is 0 Å². The third-order valence-electron chi connectivity index (χ3n) is 1.60. The van der Waals surface area contributed by atoms with Crippen molar-refractivity contribution in [2.45, 2.75) is 39.4 Å². The van der Waals surface area contributed by atoms with Gasteiger partial charge in [0.05, 0.1) is 0 Å². The number of hydrogen-bond donors (Lipinski definition) is 0. The van der Waals surface area contributed by atoms with Gasteiger partial charge in [0.1, 0.15) is 0 Å². The summed E-state index contributed by atoms with van der Waals surface area (Å²) in [6.07, 6.45) is 7.29. The van der Waals surface area contributed by atoms with Gasteiger partial charge in [0, 0.05) is 10.2 Å². The molecule has 0 nitrogen and oxygen atoms in total. The second-order valence-corrected chi connectivity index (χ2v) is 4.97. The van der Waals surface area contributed by atoms with E-state index in [1.165, 1.54) is 10.5 Å². The van der Waals surface area contributed by atoms with E-state index in [2.05, 4.69) is 46.4 Å². The Labute approximate surface area is 86.8 Å². The first-order valence-corrected chi connectivity index (χ1v) is 5.64. The molecule has 0 radical (unpaired) electrons. The van der Waals surface area contributed by atoms with Crippen molar-refractivity contribution in [3.05, 3.63) is 35.3 Å². The van der Waals surface area contributed by atoms with Gasteiger partial charge >= 0.3 is 0 Å². The first-order valence-electron chi connectivity index (χ1n) is 4.76. The third kappa shape index (κ3) is 6.71. The highest BCUT2D eigenvalue weighted by molar-refractivity contribution is 8.03. The molecule has 0 atom stereocenters. The first kappa shape index (κ1) is 12.6. The Hall–Kier alpha value is -0.430. The van der Waals surface area contributed by atoms with Crippen LogP contribution in [0.15, 0.2) is 35.3 Å². The van der Waals surface area contributed by atoms with E-state index in [1.54, 1.807) is 0 Å². The molecule has 0 aliphatic carbocycles.